The number of amides is 1. The summed E-state index contributed by atoms with van der Waals surface area (Å²) in [4.78, 5) is 22.0. The van der Waals surface area contributed by atoms with Crippen molar-refractivity contribution in [3.05, 3.63) is 31.9 Å². The van der Waals surface area contributed by atoms with Gasteiger partial charge in [-0.25, -0.2) is 4.98 Å². The maximum atomic E-state index is 12.7. The first-order valence-electron chi connectivity index (χ1n) is 10.3. The molecule has 1 fully saturated rings. The molecule has 0 N–H and O–H groups in total. The fourth-order valence-corrected chi connectivity index (χ4v) is 4.77. The van der Waals surface area contributed by atoms with Crippen LogP contribution in [0, 0.1) is 13.8 Å². The first-order valence-corrected chi connectivity index (χ1v) is 12.0. The molecule has 160 valence electrons. The van der Waals surface area contributed by atoms with Gasteiger partial charge in [0.2, 0.25) is 5.91 Å². The predicted octanol–water partition coefficient (Wildman–Crippen LogP) is 4.14. The molecule has 0 saturated carbocycles. The van der Waals surface area contributed by atoms with Gasteiger partial charge in [-0.05, 0) is 36.2 Å². The van der Waals surface area contributed by atoms with Crippen LogP contribution in [0.5, 0.6) is 0 Å². The number of aryl methyl sites for hydroxylation is 2. The first kappa shape index (κ1) is 22.4. The largest absolute Gasteiger partial charge is 0.341 e. The van der Waals surface area contributed by atoms with Crippen molar-refractivity contribution in [2.24, 2.45) is 0 Å². The SMILES string of the molecule is Cc1nn(CCC(=O)N2CCCN(Cc3csc(C(C)(C)C)n3)CC2)c(C)c1Br. The highest BCUT2D eigenvalue weighted by atomic mass is 79.9. The van der Waals surface area contributed by atoms with Crippen LogP contribution in [0.25, 0.3) is 0 Å². The third-order valence-electron chi connectivity index (χ3n) is 5.35. The molecule has 29 heavy (non-hydrogen) atoms. The van der Waals surface area contributed by atoms with E-state index in [9.17, 15) is 4.79 Å². The van der Waals surface area contributed by atoms with Gasteiger partial charge in [0.25, 0.3) is 0 Å². The molecule has 1 aliphatic rings. The molecular weight excluding hydrogens is 450 g/mol. The Hall–Kier alpha value is -1.25. The minimum Gasteiger partial charge on any atom is -0.341 e. The molecule has 2 aromatic rings. The van der Waals surface area contributed by atoms with Crippen LogP contribution < -0.4 is 0 Å². The minimum absolute atomic E-state index is 0.103. The van der Waals surface area contributed by atoms with Crippen molar-refractivity contribution in [3.8, 4) is 0 Å². The summed E-state index contributed by atoms with van der Waals surface area (Å²) in [6, 6.07) is 0. The fourth-order valence-electron chi connectivity index (χ4n) is 3.58. The number of carbonyl (C=O) groups is 1. The van der Waals surface area contributed by atoms with E-state index in [1.54, 1.807) is 11.3 Å². The molecule has 6 nitrogen and oxygen atoms in total. The maximum Gasteiger partial charge on any atom is 0.224 e. The van der Waals surface area contributed by atoms with E-state index in [1.165, 1.54) is 5.01 Å². The van der Waals surface area contributed by atoms with E-state index < -0.39 is 0 Å². The van der Waals surface area contributed by atoms with Crippen LogP contribution in [0.15, 0.2) is 9.85 Å². The van der Waals surface area contributed by atoms with E-state index in [1.807, 2.05) is 23.4 Å². The number of halogens is 1. The van der Waals surface area contributed by atoms with Crippen LogP contribution in [0.2, 0.25) is 0 Å². The quantitative estimate of drug-likeness (QED) is 0.643. The summed E-state index contributed by atoms with van der Waals surface area (Å²) < 4.78 is 2.96. The number of nitrogens with zero attached hydrogens (tertiary/aromatic N) is 5. The zero-order chi connectivity index (χ0) is 21.2. The van der Waals surface area contributed by atoms with Crippen molar-refractivity contribution in [1.82, 2.24) is 24.6 Å². The Labute approximate surface area is 186 Å². The second-order valence-electron chi connectivity index (χ2n) is 8.86. The van der Waals surface area contributed by atoms with Crippen LogP contribution in [-0.4, -0.2) is 56.7 Å². The van der Waals surface area contributed by atoms with Crippen molar-refractivity contribution in [1.29, 1.82) is 0 Å². The number of carbonyl (C=O) groups excluding carboxylic acids is 1. The van der Waals surface area contributed by atoms with Crippen LogP contribution in [-0.2, 0) is 23.3 Å². The van der Waals surface area contributed by atoms with Gasteiger partial charge in [-0.1, -0.05) is 20.8 Å². The lowest BCUT2D eigenvalue weighted by molar-refractivity contribution is -0.131. The number of aromatic nitrogens is 3. The van der Waals surface area contributed by atoms with Crippen molar-refractivity contribution in [3.63, 3.8) is 0 Å². The number of hydrogen-bond acceptors (Lipinski definition) is 5. The summed E-state index contributed by atoms with van der Waals surface area (Å²) in [7, 11) is 0. The lowest BCUT2D eigenvalue weighted by Crippen LogP contribution is -2.35. The van der Waals surface area contributed by atoms with Crippen molar-refractivity contribution >= 4 is 33.2 Å². The van der Waals surface area contributed by atoms with Crippen molar-refractivity contribution in [2.75, 3.05) is 26.2 Å². The van der Waals surface area contributed by atoms with Crippen molar-refractivity contribution in [2.45, 2.75) is 66.0 Å². The summed E-state index contributed by atoms with van der Waals surface area (Å²) in [5.74, 6) is 0.221. The number of thiazole rings is 1. The third-order valence-corrected chi connectivity index (χ3v) is 7.82. The fraction of sp³-hybridized carbons (Fsp3) is 0.667. The highest BCUT2D eigenvalue weighted by Gasteiger charge is 2.22. The van der Waals surface area contributed by atoms with E-state index in [4.69, 9.17) is 4.98 Å². The van der Waals surface area contributed by atoms with Gasteiger partial charge >= 0.3 is 0 Å². The number of hydrogen-bond donors (Lipinski definition) is 0. The Morgan fingerprint density at radius 2 is 1.97 bits per heavy atom. The Kier molecular flexibility index (Phi) is 7.17. The number of rotatable bonds is 5. The molecule has 0 radical (unpaired) electrons. The summed E-state index contributed by atoms with van der Waals surface area (Å²) >= 11 is 5.30. The molecule has 0 spiro atoms. The van der Waals surface area contributed by atoms with Gasteiger partial charge in [0.15, 0.2) is 0 Å². The Morgan fingerprint density at radius 1 is 1.21 bits per heavy atom. The molecule has 3 rings (SSSR count). The lowest BCUT2D eigenvalue weighted by Gasteiger charge is -2.22. The summed E-state index contributed by atoms with van der Waals surface area (Å²) in [5, 5.41) is 7.88. The second-order valence-corrected chi connectivity index (χ2v) is 10.5. The normalized spacial score (nSPS) is 16.3. The zero-order valence-electron chi connectivity index (χ0n) is 18.2. The van der Waals surface area contributed by atoms with Gasteiger partial charge in [0.05, 0.1) is 27.4 Å². The second kappa shape index (κ2) is 9.27. The molecule has 3 heterocycles. The molecule has 0 aromatic carbocycles. The summed E-state index contributed by atoms with van der Waals surface area (Å²) in [5.41, 5.74) is 3.30. The van der Waals surface area contributed by atoms with Crippen LogP contribution >= 0.6 is 27.3 Å². The Bertz CT molecular complexity index is 854. The van der Waals surface area contributed by atoms with E-state index in [0.29, 0.717) is 13.0 Å². The van der Waals surface area contributed by atoms with Gasteiger partial charge in [0.1, 0.15) is 0 Å². The molecule has 1 amide bonds. The molecule has 8 heteroatoms. The predicted molar refractivity (Wildman–Crippen MR) is 121 cm³/mol. The molecule has 0 aliphatic carbocycles. The molecule has 1 aliphatic heterocycles. The highest BCUT2D eigenvalue weighted by molar-refractivity contribution is 9.10. The van der Waals surface area contributed by atoms with Crippen molar-refractivity contribution < 1.29 is 4.79 Å². The molecule has 1 saturated heterocycles. The zero-order valence-corrected chi connectivity index (χ0v) is 20.6. The standard InChI is InChI=1S/C21H32BrN5OS/c1-15-19(22)16(2)27(24-15)10-7-18(28)26-9-6-8-25(11-12-26)13-17-14-29-20(23-17)21(3,4)5/h14H,6-13H2,1-5H3. The first-order chi connectivity index (χ1) is 13.6. The van der Waals surface area contributed by atoms with E-state index >= 15 is 0 Å². The lowest BCUT2D eigenvalue weighted by atomic mass is 9.98. The van der Waals surface area contributed by atoms with E-state index in [0.717, 1.165) is 60.7 Å². The average Bonchev–Trinajstić information content (AvgIpc) is 3.13. The Morgan fingerprint density at radius 3 is 2.59 bits per heavy atom. The molecule has 0 unspecified atom stereocenters. The average molecular weight is 482 g/mol. The van der Waals surface area contributed by atoms with Gasteiger partial charge in [0, 0.05) is 55.6 Å². The topological polar surface area (TPSA) is 54.3 Å². The summed E-state index contributed by atoms with van der Waals surface area (Å²) in [6.45, 7) is 15.7. The van der Waals surface area contributed by atoms with E-state index in [-0.39, 0.29) is 11.3 Å². The van der Waals surface area contributed by atoms with Gasteiger partial charge in [-0.3, -0.25) is 14.4 Å². The smallest absolute Gasteiger partial charge is 0.224 e. The van der Waals surface area contributed by atoms with Crippen LogP contribution in [0.1, 0.15) is 55.7 Å². The van der Waals surface area contributed by atoms with E-state index in [2.05, 4.69) is 52.1 Å². The third kappa shape index (κ3) is 5.67. The monoisotopic (exact) mass is 481 g/mol. The van der Waals surface area contributed by atoms with Gasteiger partial charge in [-0.2, -0.15) is 5.10 Å². The summed E-state index contributed by atoms with van der Waals surface area (Å²) in [6.07, 6.45) is 1.50. The minimum atomic E-state index is 0.103. The molecule has 2 aromatic heterocycles. The van der Waals surface area contributed by atoms with Gasteiger partial charge in [-0.15, -0.1) is 11.3 Å². The Balaban J connectivity index is 1.50. The molecule has 0 bridgehead atoms. The maximum absolute atomic E-state index is 12.7. The van der Waals surface area contributed by atoms with Crippen LogP contribution in [0.3, 0.4) is 0 Å². The molecule has 0 atom stereocenters. The van der Waals surface area contributed by atoms with Gasteiger partial charge < -0.3 is 4.90 Å². The van der Waals surface area contributed by atoms with Crippen LogP contribution in [0.4, 0.5) is 0 Å². The highest BCUT2D eigenvalue weighted by Crippen LogP contribution is 2.26. The molecular formula is C21H32BrN5OS.